The smallest absolute Gasteiger partial charge is 0.243 e. The number of nitrogens with one attached hydrogen (secondary N) is 1. The second-order valence-electron chi connectivity index (χ2n) is 5.13. The third-order valence-corrected chi connectivity index (χ3v) is 5.85. The van der Waals surface area contributed by atoms with Crippen LogP contribution in [0.3, 0.4) is 0 Å². The predicted octanol–water partition coefficient (Wildman–Crippen LogP) is 2.43. The van der Waals surface area contributed by atoms with E-state index in [1.165, 1.54) is 23.4 Å². The SMILES string of the molecule is CC(=O)Nc1ccc(S(=O)(=O)N2CCCCC2CCl)cc1. The minimum Gasteiger partial charge on any atom is -0.326 e. The van der Waals surface area contributed by atoms with Crippen LogP contribution in [0, 0.1) is 0 Å². The van der Waals surface area contributed by atoms with Gasteiger partial charge in [-0.25, -0.2) is 8.42 Å². The molecule has 1 heterocycles. The summed E-state index contributed by atoms with van der Waals surface area (Å²) < 4.78 is 26.8. The zero-order valence-electron chi connectivity index (χ0n) is 11.9. The minimum absolute atomic E-state index is 0.138. The maximum absolute atomic E-state index is 12.7. The average molecular weight is 331 g/mol. The Morgan fingerprint density at radius 3 is 2.57 bits per heavy atom. The fourth-order valence-corrected chi connectivity index (χ4v) is 4.59. The van der Waals surface area contributed by atoms with E-state index in [-0.39, 0.29) is 16.8 Å². The van der Waals surface area contributed by atoms with Crippen LogP contribution in [0.25, 0.3) is 0 Å². The predicted molar refractivity (Wildman–Crippen MR) is 83.0 cm³/mol. The lowest BCUT2D eigenvalue weighted by Crippen LogP contribution is -2.44. The van der Waals surface area contributed by atoms with Crippen LogP contribution >= 0.6 is 11.6 Å². The number of hydrogen-bond donors (Lipinski definition) is 1. The summed E-state index contributed by atoms with van der Waals surface area (Å²) in [5.74, 6) is 0.118. The summed E-state index contributed by atoms with van der Waals surface area (Å²) in [6.45, 7) is 1.91. The van der Waals surface area contributed by atoms with E-state index < -0.39 is 10.0 Å². The summed E-state index contributed by atoms with van der Waals surface area (Å²) in [6.07, 6.45) is 2.66. The van der Waals surface area contributed by atoms with Crippen molar-refractivity contribution in [2.75, 3.05) is 17.7 Å². The average Bonchev–Trinajstić information content (AvgIpc) is 2.47. The van der Waals surface area contributed by atoms with Gasteiger partial charge in [0.25, 0.3) is 0 Å². The van der Waals surface area contributed by atoms with E-state index in [2.05, 4.69) is 5.32 Å². The molecule has 0 bridgehead atoms. The fourth-order valence-electron chi connectivity index (χ4n) is 2.49. The minimum atomic E-state index is -3.53. The molecule has 0 saturated carbocycles. The quantitative estimate of drug-likeness (QED) is 0.862. The van der Waals surface area contributed by atoms with Gasteiger partial charge in [-0.15, -0.1) is 11.6 Å². The van der Waals surface area contributed by atoms with Crippen LogP contribution in [0.15, 0.2) is 29.2 Å². The Hall–Kier alpha value is -1.11. The van der Waals surface area contributed by atoms with Gasteiger partial charge in [0.2, 0.25) is 15.9 Å². The van der Waals surface area contributed by atoms with Crippen LogP contribution in [0.5, 0.6) is 0 Å². The van der Waals surface area contributed by atoms with Crippen molar-refractivity contribution in [3.63, 3.8) is 0 Å². The molecule has 1 aromatic rings. The van der Waals surface area contributed by atoms with Gasteiger partial charge >= 0.3 is 0 Å². The Bertz CT molecular complexity index is 601. The Morgan fingerprint density at radius 1 is 1.33 bits per heavy atom. The largest absolute Gasteiger partial charge is 0.326 e. The van der Waals surface area contributed by atoms with Crippen LogP contribution in [-0.4, -0.2) is 37.1 Å². The van der Waals surface area contributed by atoms with Gasteiger partial charge in [0.1, 0.15) is 0 Å². The van der Waals surface area contributed by atoms with Crippen molar-refractivity contribution in [2.24, 2.45) is 0 Å². The first-order valence-corrected chi connectivity index (χ1v) is 8.88. The summed E-state index contributed by atoms with van der Waals surface area (Å²) >= 11 is 5.90. The molecule has 0 radical (unpaired) electrons. The molecule has 0 spiro atoms. The van der Waals surface area contributed by atoms with Crippen LogP contribution in [-0.2, 0) is 14.8 Å². The zero-order valence-corrected chi connectivity index (χ0v) is 13.5. The number of sulfonamides is 1. The van der Waals surface area contributed by atoms with Gasteiger partial charge in [-0.05, 0) is 37.1 Å². The first-order valence-electron chi connectivity index (χ1n) is 6.90. The van der Waals surface area contributed by atoms with E-state index in [0.717, 1.165) is 19.3 Å². The lowest BCUT2D eigenvalue weighted by molar-refractivity contribution is -0.114. The highest BCUT2D eigenvalue weighted by molar-refractivity contribution is 7.89. The molecule has 1 aliphatic rings. The van der Waals surface area contributed by atoms with Crippen LogP contribution in [0.1, 0.15) is 26.2 Å². The zero-order chi connectivity index (χ0) is 15.5. The van der Waals surface area contributed by atoms with Gasteiger partial charge in [-0.2, -0.15) is 4.31 Å². The Kier molecular flexibility index (Phi) is 5.24. The molecule has 0 aliphatic carbocycles. The van der Waals surface area contributed by atoms with Gasteiger partial charge in [0, 0.05) is 31.1 Å². The summed E-state index contributed by atoms with van der Waals surface area (Å²) in [5, 5.41) is 2.61. The molecule has 1 amide bonds. The molecule has 1 N–H and O–H groups in total. The number of halogens is 1. The normalized spacial score (nSPS) is 20.2. The topological polar surface area (TPSA) is 66.5 Å². The van der Waals surface area contributed by atoms with E-state index in [1.54, 1.807) is 12.1 Å². The first kappa shape index (κ1) is 16.3. The lowest BCUT2D eigenvalue weighted by atomic mass is 10.1. The summed E-state index contributed by atoms with van der Waals surface area (Å²) in [6, 6.07) is 6.07. The number of carbonyl (C=O) groups excluding carboxylic acids is 1. The molecule has 2 rings (SSSR count). The molecule has 116 valence electrons. The molecule has 1 atom stereocenters. The number of alkyl halides is 1. The third kappa shape index (κ3) is 3.75. The van der Waals surface area contributed by atoms with E-state index in [0.29, 0.717) is 18.1 Å². The number of carbonyl (C=O) groups is 1. The second kappa shape index (κ2) is 6.77. The molecule has 1 unspecified atom stereocenters. The monoisotopic (exact) mass is 330 g/mol. The van der Waals surface area contributed by atoms with Gasteiger partial charge < -0.3 is 5.32 Å². The van der Waals surface area contributed by atoms with E-state index in [1.807, 2.05) is 0 Å². The van der Waals surface area contributed by atoms with Crippen molar-refractivity contribution in [1.82, 2.24) is 4.31 Å². The van der Waals surface area contributed by atoms with Crippen LogP contribution < -0.4 is 5.32 Å². The molecule has 1 aliphatic heterocycles. The summed E-state index contributed by atoms with van der Waals surface area (Å²) in [5.41, 5.74) is 0.578. The highest BCUT2D eigenvalue weighted by Gasteiger charge is 2.32. The molecular weight excluding hydrogens is 312 g/mol. The van der Waals surface area contributed by atoms with Gasteiger partial charge in [-0.1, -0.05) is 6.42 Å². The third-order valence-electron chi connectivity index (χ3n) is 3.53. The lowest BCUT2D eigenvalue weighted by Gasteiger charge is -2.33. The van der Waals surface area contributed by atoms with Crippen LogP contribution in [0.4, 0.5) is 5.69 Å². The Balaban J connectivity index is 2.24. The van der Waals surface area contributed by atoms with Crippen molar-refractivity contribution < 1.29 is 13.2 Å². The van der Waals surface area contributed by atoms with E-state index in [4.69, 9.17) is 11.6 Å². The molecule has 0 aromatic heterocycles. The molecule has 1 fully saturated rings. The van der Waals surface area contributed by atoms with E-state index >= 15 is 0 Å². The van der Waals surface area contributed by atoms with Crippen molar-refractivity contribution in [1.29, 1.82) is 0 Å². The maximum Gasteiger partial charge on any atom is 0.243 e. The van der Waals surface area contributed by atoms with Gasteiger partial charge in [0.05, 0.1) is 4.90 Å². The fraction of sp³-hybridized carbons (Fsp3) is 0.500. The van der Waals surface area contributed by atoms with Crippen molar-refractivity contribution in [3.8, 4) is 0 Å². The number of hydrogen-bond acceptors (Lipinski definition) is 3. The Morgan fingerprint density at radius 2 is 2.00 bits per heavy atom. The van der Waals surface area contributed by atoms with Gasteiger partial charge in [-0.3, -0.25) is 4.79 Å². The number of piperidine rings is 1. The molecule has 1 aromatic carbocycles. The maximum atomic E-state index is 12.7. The summed E-state index contributed by atoms with van der Waals surface area (Å²) in [4.78, 5) is 11.2. The Labute approximate surface area is 130 Å². The molecule has 21 heavy (non-hydrogen) atoms. The standard InChI is InChI=1S/C14H19ClN2O3S/c1-11(18)16-12-5-7-14(8-6-12)21(19,20)17-9-3-2-4-13(17)10-15/h5-8,13H,2-4,9-10H2,1H3,(H,16,18). The van der Waals surface area contributed by atoms with Crippen molar-refractivity contribution in [2.45, 2.75) is 37.1 Å². The van der Waals surface area contributed by atoms with Crippen LogP contribution in [0.2, 0.25) is 0 Å². The molecular formula is C14H19ClN2O3S. The highest BCUT2D eigenvalue weighted by atomic mass is 35.5. The molecule has 7 heteroatoms. The van der Waals surface area contributed by atoms with E-state index in [9.17, 15) is 13.2 Å². The number of anilines is 1. The molecule has 5 nitrogen and oxygen atoms in total. The summed E-state index contributed by atoms with van der Waals surface area (Å²) in [7, 11) is -3.53. The first-order chi connectivity index (χ1) is 9.95. The van der Waals surface area contributed by atoms with Crippen molar-refractivity contribution >= 4 is 33.2 Å². The number of rotatable bonds is 4. The van der Waals surface area contributed by atoms with Crippen molar-refractivity contribution in [3.05, 3.63) is 24.3 Å². The number of benzene rings is 1. The highest BCUT2D eigenvalue weighted by Crippen LogP contribution is 2.26. The second-order valence-corrected chi connectivity index (χ2v) is 7.32. The number of amides is 1. The molecule has 1 saturated heterocycles. The van der Waals surface area contributed by atoms with Gasteiger partial charge in [0.15, 0.2) is 0 Å². The number of nitrogens with zero attached hydrogens (tertiary/aromatic N) is 1.